The van der Waals surface area contributed by atoms with Crippen LogP contribution in [0.15, 0.2) is 40.4 Å². The summed E-state index contributed by atoms with van der Waals surface area (Å²) in [6.45, 7) is 5.27. The molecule has 1 fully saturated rings. The number of nitrogens with one attached hydrogen (secondary N) is 2. The highest BCUT2D eigenvalue weighted by Gasteiger charge is 2.48. The van der Waals surface area contributed by atoms with Gasteiger partial charge in [-0.05, 0) is 24.0 Å². The van der Waals surface area contributed by atoms with Crippen LogP contribution in [-0.2, 0) is 0 Å². The molecule has 4 N–H and O–H groups in total. The summed E-state index contributed by atoms with van der Waals surface area (Å²) in [5.41, 5.74) is 5.84. The summed E-state index contributed by atoms with van der Waals surface area (Å²) in [6.07, 6.45) is -0.564. The van der Waals surface area contributed by atoms with Gasteiger partial charge >= 0.3 is 6.03 Å². The van der Waals surface area contributed by atoms with Gasteiger partial charge in [0.2, 0.25) is 11.8 Å². The molecule has 1 aliphatic heterocycles. The largest absolute Gasteiger partial charge is 0.434 e. The van der Waals surface area contributed by atoms with Crippen LogP contribution in [0.1, 0.15) is 31.2 Å². The average Bonchev–Trinajstić information content (AvgIpc) is 2.72. The number of rotatable bonds is 5. The molecule has 4 rings (SSSR count). The van der Waals surface area contributed by atoms with E-state index in [9.17, 15) is 18.4 Å². The van der Waals surface area contributed by atoms with E-state index in [-0.39, 0.29) is 63.2 Å². The number of hydrazone groups is 1. The third kappa shape index (κ3) is 4.51. The van der Waals surface area contributed by atoms with Crippen LogP contribution in [0.4, 0.5) is 19.3 Å². The van der Waals surface area contributed by atoms with Crippen molar-refractivity contribution in [3.8, 4) is 11.6 Å². The van der Waals surface area contributed by atoms with E-state index >= 15 is 0 Å². The fraction of sp³-hybridized carbons (Fsp3) is 0.300. The number of carbonyl (C=O) groups excluding carboxylic acids is 1. The lowest BCUT2D eigenvalue weighted by Gasteiger charge is -2.38. The minimum atomic E-state index is -2.70. The van der Waals surface area contributed by atoms with E-state index in [0.717, 1.165) is 5.01 Å². The first-order valence-electron chi connectivity index (χ1n) is 9.74. The van der Waals surface area contributed by atoms with Crippen molar-refractivity contribution < 1.29 is 18.3 Å². The lowest BCUT2D eigenvalue weighted by molar-refractivity contribution is -0.116. The number of H-pyrrole nitrogens is 1. The normalized spacial score (nSPS) is 18.9. The Morgan fingerprint density at radius 3 is 2.52 bits per heavy atom. The minimum absolute atomic E-state index is 0.00508. The summed E-state index contributed by atoms with van der Waals surface area (Å²) < 4.78 is 32.2. The van der Waals surface area contributed by atoms with Crippen molar-refractivity contribution in [2.45, 2.75) is 31.6 Å². The minimum Gasteiger partial charge on any atom is -0.434 e. The van der Waals surface area contributed by atoms with E-state index in [0.29, 0.717) is 0 Å². The third-order valence-electron chi connectivity index (χ3n) is 5.53. The van der Waals surface area contributed by atoms with Crippen LogP contribution in [0.25, 0.3) is 0 Å². The van der Waals surface area contributed by atoms with Gasteiger partial charge in [0.25, 0.3) is 5.56 Å². The summed E-state index contributed by atoms with van der Waals surface area (Å²) in [4.78, 5) is 24.4. The first-order chi connectivity index (χ1) is 15.4. The van der Waals surface area contributed by atoms with Gasteiger partial charge in [0.05, 0.1) is 21.4 Å². The number of alkyl halides is 2. The standard InChI is InChI=1S/C20H18Cl2F2N6O3/c1-8(10-6-20(23,24)7-10)12-5-15(27-28-18(12)31)33-16-13(21)3-11(4-14(16)22)30-19(32)26-9(2)17(25)29-30/h3-5,8,10H,2,6-7H2,1H3,(H2,25,29)(H,26,32)(H,28,31). The number of ether oxygens (including phenoxy) is 1. The van der Waals surface area contributed by atoms with Gasteiger partial charge in [-0.15, -0.1) is 10.2 Å². The van der Waals surface area contributed by atoms with Crippen LogP contribution in [-0.4, -0.2) is 28.0 Å². The van der Waals surface area contributed by atoms with E-state index < -0.39 is 23.4 Å². The van der Waals surface area contributed by atoms with Crippen molar-refractivity contribution in [2.75, 3.05) is 5.01 Å². The van der Waals surface area contributed by atoms with Gasteiger partial charge in [-0.2, -0.15) is 5.01 Å². The molecule has 1 aromatic heterocycles. The molecule has 174 valence electrons. The van der Waals surface area contributed by atoms with Crippen molar-refractivity contribution in [2.24, 2.45) is 16.8 Å². The number of carbonyl (C=O) groups is 1. The van der Waals surface area contributed by atoms with Crippen molar-refractivity contribution in [1.29, 1.82) is 0 Å². The molecule has 0 saturated heterocycles. The Balaban J connectivity index is 1.59. The maximum absolute atomic E-state index is 13.3. The first kappa shape index (κ1) is 23.0. The van der Waals surface area contributed by atoms with Gasteiger partial charge in [0.1, 0.15) is 0 Å². The Bertz CT molecular complexity index is 1220. The molecule has 1 unspecified atom stereocenters. The number of anilines is 1. The zero-order valence-electron chi connectivity index (χ0n) is 17.2. The molecule has 0 radical (unpaired) electrons. The number of aromatic nitrogens is 2. The molecule has 9 nitrogen and oxygen atoms in total. The van der Waals surface area contributed by atoms with E-state index in [1.54, 1.807) is 6.92 Å². The van der Waals surface area contributed by atoms with Crippen LogP contribution >= 0.6 is 23.2 Å². The monoisotopic (exact) mass is 498 g/mol. The fourth-order valence-corrected chi connectivity index (χ4v) is 4.16. The second-order valence-electron chi connectivity index (χ2n) is 7.85. The maximum atomic E-state index is 13.3. The third-order valence-corrected chi connectivity index (χ3v) is 6.09. The van der Waals surface area contributed by atoms with Crippen LogP contribution in [0, 0.1) is 5.92 Å². The number of hydrogen-bond donors (Lipinski definition) is 3. The number of nitrogens with two attached hydrogens (primary N) is 1. The number of amides is 2. The smallest absolute Gasteiger partial charge is 0.347 e. The Morgan fingerprint density at radius 1 is 1.27 bits per heavy atom. The molecular weight excluding hydrogens is 481 g/mol. The van der Waals surface area contributed by atoms with Gasteiger partial charge in [-0.1, -0.05) is 36.7 Å². The molecule has 33 heavy (non-hydrogen) atoms. The fourth-order valence-electron chi connectivity index (χ4n) is 3.61. The van der Waals surface area contributed by atoms with Crippen LogP contribution in [0.2, 0.25) is 10.0 Å². The molecule has 2 amide bonds. The predicted molar refractivity (Wildman–Crippen MR) is 119 cm³/mol. The van der Waals surface area contributed by atoms with Crippen molar-refractivity contribution in [3.63, 3.8) is 0 Å². The average molecular weight is 499 g/mol. The summed E-state index contributed by atoms with van der Waals surface area (Å²) >= 11 is 12.6. The first-order valence-corrected chi connectivity index (χ1v) is 10.5. The number of urea groups is 1. The number of hydrogen-bond acceptors (Lipinski definition) is 6. The lowest BCUT2D eigenvalue weighted by atomic mass is 9.71. The number of aromatic amines is 1. The predicted octanol–water partition coefficient (Wildman–Crippen LogP) is 4.33. The number of benzene rings is 1. The number of halogens is 4. The molecular formula is C20H18Cl2F2N6O3. The second kappa shape index (κ2) is 8.31. The Labute approximate surface area is 196 Å². The van der Waals surface area contributed by atoms with Gasteiger partial charge in [0, 0.05) is 24.5 Å². The SMILES string of the molecule is C=C1NC(=O)N(c2cc(Cl)c(Oc3cc(C(C)C4CC(F)(F)C4)c(=O)[nH]n3)c(Cl)c2)N=C1N. The van der Waals surface area contributed by atoms with Crippen molar-refractivity contribution in [1.82, 2.24) is 15.5 Å². The molecule has 1 aromatic carbocycles. The van der Waals surface area contributed by atoms with E-state index in [4.69, 9.17) is 33.7 Å². The molecule has 1 atom stereocenters. The zero-order chi connectivity index (χ0) is 24.1. The highest BCUT2D eigenvalue weighted by molar-refractivity contribution is 6.37. The van der Waals surface area contributed by atoms with Gasteiger partial charge < -0.3 is 15.8 Å². The number of nitrogens with zero attached hydrogens (tertiary/aromatic N) is 3. The molecule has 13 heteroatoms. The topological polar surface area (TPSA) is 126 Å². The van der Waals surface area contributed by atoms with Crippen molar-refractivity contribution >= 4 is 40.8 Å². The van der Waals surface area contributed by atoms with E-state index in [2.05, 4.69) is 27.2 Å². The van der Waals surface area contributed by atoms with E-state index in [1.807, 2.05) is 0 Å². The van der Waals surface area contributed by atoms with Gasteiger partial charge in [-0.25, -0.2) is 18.7 Å². The van der Waals surface area contributed by atoms with Crippen LogP contribution in [0.3, 0.4) is 0 Å². The molecule has 0 bridgehead atoms. The molecule has 1 saturated carbocycles. The molecule has 2 aromatic rings. The van der Waals surface area contributed by atoms with Gasteiger partial charge in [-0.3, -0.25) is 4.79 Å². The molecule has 1 aliphatic carbocycles. The molecule has 0 spiro atoms. The lowest BCUT2D eigenvalue weighted by Crippen LogP contribution is -2.45. The number of amidine groups is 1. The quantitative estimate of drug-likeness (QED) is 0.565. The zero-order valence-corrected chi connectivity index (χ0v) is 18.7. The van der Waals surface area contributed by atoms with Crippen molar-refractivity contribution in [3.05, 3.63) is 56.4 Å². The highest BCUT2D eigenvalue weighted by atomic mass is 35.5. The Morgan fingerprint density at radius 2 is 1.91 bits per heavy atom. The van der Waals surface area contributed by atoms with E-state index in [1.165, 1.54) is 18.2 Å². The highest BCUT2D eigenvalue weighted by Crippen LogP contribution is 2.48. The molecule has 2 aliphatic rings. The Hall–Kier alpha value is -3.18. The summed E-state index contributed by atoms with van der Waals surface area (Å²) in [5, 5.41) is 13.5. The Kier molecular flexibility index (Phi) is 5.79. The summed E-state index contributed by atoms with van der Waals surface area (Å²) in [7, 11) is 0. The summed E-state index contributed by atoms with van der Waals surface area (Å²) in [6, 6.07) is 3.50. The summed E-state index contributed by atoms with van der Waals surface area (Å²) in [5.74, 6) is -3.48. The maximum Gasteiger partial charge on any atom is 0.347 e. The van der Waals surface area contributed by atoms with Crippen LogP contribution < -0.4 is 26.4 Å². The molecule has 2 heterocycles. The second-order valence-corrected chi connectivity index (χ2v) is 8.66. The van der Waals surface area contributed by atoms with Crippen LogP contribution in [0.5, 0.6) is 11.6 Å². The van der Waals surface area contributed by atoms with Gasteiger partial charge in [0.15, 0.2) is 11.6 Å².